The Morgan fingerprint density at radius 1 is 1.13 bits per heavy atom. The van der Waals surface area contributed by atoms with Crippen molar-refractivity contribution in [2.24, 2.45) is 0 Å². The molecular formula is C20H17FN6O3S. The second-order valence-electron chi connectivity index (χ2n) is 6.95. The normalized spacial score (nSPS) is 14.2. The van der Waals surface area contributed by atoms with Gasteiger partial charge < -0.3 is 19.5 Å². The largest absolute Gasteiger partial charge is 0.462 e. The minimum absolute atomic E-state index is 0.277. The summed E-state index contributed by atoms with van der Waals surface area (Å²) < 4.78 is 19.9. The summed E-state index contributed by atoms with van der Waals surface area (Å²) in [6.45, 7) is 1.93. The van der Waals surface area contributed by atoms with Gasteiger partial charge in [-0.3, -0.25) is 4.79 Å². The smallest absolute Gasteiger partial charge is 0.321 e. The van der Waals surface area contributed by atoms with E-state index in [0.717, 1.165) is 0 Å². The highest BCUT2D eigenvalue weighted by Crippen LogP contribution is 2.25. The lowest BCUT2D eigenvalue weighted by Crippen LogP contribution is -2.50. The third-order valence-electron chi connectivity index (χ3n) is 4.93. The van der Waals surface area contributed by atoms with Crippen LogP contribution in [0.3, 0.4) is 0 Å². The number of nitrogens with one attached hydrogen (secondary N) is 1. The lowest BCUT2D eigenvalue weighted by Gasteiger charge is -2.35. The van der Waals surface area contributed by atoms with Gasteiger partial charge in [0.05, 0.1) is 6.26 Å². The number of hydrogen-bond donors (Lipinski definition) is 1. The quantitative estimate of drug-likeness (QED) is 0.526. The predicted octanol–water partition coefficient (Wildman–Crippen LogP) is 2.90. The van der Waals surface area contributed by atoms with E-state index in [1.165, 1.54) is 34.1 Å². The molecule has 1 saturated heterocycles. The SMILES string of the molecule is O=C(Nc1cccc(F)c1)N1CCN(c2cc(=O)n3nc(-c4ccco4)sc3n2)CC1. The fraction of sp³-hybridized carbons (Fsp3) is 0.200. The molecule has 1 N–H and O–H groups in total. The summed E-state index contributed by atoms with van der Waals surface area (Å²) in [5.74, 6) is 0.716. The zero-order chi connectivity index (χ0) is 21.4. The summed E-state index contributed by atoms with van der Waals surface area (Å²) in [6, 6.07) is 10.5. The van der Waals surface area contributed by atoms with Crippen molar-refractivity contribution in [3.63, 3.8) is 0 Å². The molecule has 11 heteroatoms. The van der Waals surface area contributed by atoms with Crippen molar-refractivity contribution in [2.75, 3.05) is 36.4 Å². The third-order valence-corrected chi connectivity index (χ3v) is 5.85. The molecule has 31 heavy (non-hydrogen) atoms. The predicted molar refractivity (Wildman–Crippen MR) is 114 cm³/mol. The molecule has 0 unspecified atom stereocenters. The first-order valence-electron chi connectivity index (χ1n) is 9.58. The molecule has 1 fully saturated rings. The van der Waals surface area contributed by atoms with Crippen LogP contribution in [0.2, 0.25) is 0 Å². The van der Waals surface area contributed by atoms with Crippen molar-refractivity contribution < 1.29 is 13.6 Å². The highest BCUT2D eigenvalue weighted by molar-refractivity contribution is 7.19. The summed E-state index contributed by atoms with van der Waals surface area (Å²) in [7, 11) is 0. The number of amides is 2. The molecule has 1 aliphatic heterocycles. The van der Waals surface area contributed by atoms with E-state index in [9.17, 15) is 14.0 Å². The summed E-state index contributed by atoms with van der Waals surface area (Å²) in [5.41, 5.74) is 0.130. The lowest BCUT2D eigenvalue weighted by molar-refractivity contribution is 0.208. The monoisotopic (exact) mass is 440 g/mol. The number of rotatable bonds is 3. The van der Waals surface area contributed by atoms with Crippen LogP contribution >= 0.6 is 11.3 Å². The van der Waals surface area contributed by atoms with E-state index in [2.05, 4.69) is 15.4 Å². The molecule has 0 radical (unpaired) electrons. The van der Waals surface area contributed by atoms with Gasteiger partial charge in [0.25, 0.3) is 5.56 Å². The molecule has 4 heterocycles. The van der Waals surface area contributed by atoms with Gasteiger partial charge in [-0.1, -0.05) is 17.4 Å². The van der Waals surface area contributed by atoms with Crippen LogP contribution in [0.1, 0.15) is 0 Å². The number of carbonyl (C=O) groups excluding carboxylic acids is 1. The topological polar surface area (TPSA) is 96.0 Å². The van der Waals surface area contributed by atoms with Gasteiger partial charge in [0.15, 0.2) is 10.8 Å². The first-order valence-corrected chi connectivity index (χ1v) is 10.4. The molecule has 0 bridgehead atoms. The van der Waals surface area contributed by atoms with Gasteiger partial charge in [0.1, 0.15) is 11.6 Å². The van der Waals surface area contributed by atoms with Crippen LogP contribution in [-0.4, -0.2) is 51.7 Å². The minimum atomic E-state index is -0.409. The first kappa shape index (κ1) is 19.2. The Hall–Kier alpha value is -3.73. The molecular weight excluding hydrogens is 423 g/mol. The van der Waals surface area contributed by atoms with E-state index < -0.39 is 5.82 Å². The number of furan rings is 1. The molecule has 0 spiro atoms. The number of urea groups is 1. The first-order chi connectivity index (χ1) is 15.1. The number of aromatic nitrogens is 3. The number of benzene rings is 1. The molecule has 3 aromatic heterocycles. The van der Waals surface area contributed by atoms with Crippen LogP contribution in [-0.2, 0) is 0 Å². The van der Waals surface area contributed by atoms with Crippen LogP contribution in [0, 0.1) is 5.82 Å². The number of fused-ring (bicyclic) bond motifs is 1. The minimum Gasteiger partial charge on any atom is -0.462 e. The molecule has 4 aromatic rings. The van der Waals surface area contributed by atoms with Gasteiger partial charge in [-0.05, 0) is 30.3 Å². The van der Waals surface area contributed by atoms with Crippen molar-refractivity contribution >= 4 is 33.8 Å². The second kappa shape index (κ2) is 7.84. The Morgan fingerprint density at radius 3 is 2.71 bits per heavy atom. The van der Waals surface area contributed by atoms with Gasteiger partial charge in [0.2, 0.25) is 4.96 Å². The van der Waals surface area contributed by atoms with Gasteiger partial charge in [-0.2, -0.15) is 4.52 Å². The van der Waals surface area contributed by atoms with Crippen LogP contribution in [0.4, 0.5) is 20.7 Å². The van der Waals surface area contributed by atoms with Gasteiger partial charge in [-0.25, -0.2) is 14.2 Å². The second-order valence-corrected chi connectivity index (χ2v) is 7.90. The number of hydrogen-bond acceptors (Lipinski definition) is 7. The number of anilines is 2. The Morgan fingerprint density at radius 2 is 1.97 bits per heavy atom. The molecule has 0 aliphatic carbocycles. The molecule has 0 saturated carbocycles. The fourth-order valence-electron chi connectivity index (χ4n) is 3.37. The third kappa shape index (κ3) is 3.87. The summed E-state index contributed by atoms with van der Waals surface area (Å²) in [4.78, 5) is 33.6. The number of halogens is 1. The summed E-state index contributed by atoms with van der Waals surface area (Å²) >= 11 is 1.27. The van der Waals surface area contributed by atoms with E-state index in [0.29, 0.717) is 53.4 Å². The Labute approximate surface area is 179 Å². The maximum Gasteiger partial charge on any atom is 0.321 e. The Bertz CT molecular complexity index is 1290. The number of carbonyl (C=O) groups is 1. The van der Waals surface area contributed by atoms with E-state index in [4.69, 9.17) is 4.42 Å². The molecule has 0 atom stereocenters. The fourth-order valence-corrected chi connectivity index (χ4v) is 4.24. The van der Waals surface area contributed by atoms with Crippen LogP contribution in [0.5, 0.6) is 0 Å². The standard InChI is InChI=1S/C20H17FN6O3S/c21-13-3-1-4-14(11-13)22-19(29)26-8-6-25(7-9-26)16-12-17(28)27-20(23-16)31-18(24-27)15-5-2-10-30-15/h1-5,10-12H,6-9H2,(H,22,29). The lowest BCUT2D eigenvalue weighted by atomic mass is 10.3. The highest BCUT2D eigenvalue weighted by atomic mass is 32.1. The molecule has 1 aromatic carbocycles. The van der Waals surface area contributed by atoms with Crippen LogP contribution in [0.25, 0.3) is 15.7 Å². The average Bonchev–Trinajstić information content (AvgIpc) is 3.44. The zero-order valence-corrected chi connectivity index (χ0v) is 17.0. The molecule has 158 valence electrons. The van der Waals surface area contributed by atoms with Crippen molar-refractivity contribution in [2.45, 2.75) is 0 Å². The van der Waals surface area contributed by atoms with E-state index >= 15 is 0 Å². The molecule has 5 rings (SSSR count). The average molecular weight is 440 g/mol. The van der Waals surface area contributed by atoms with E-state index in [1.807, 2.05) is 4.90 Å². The van der Waals surface area contributed by atoms with E-state index in [-0.39, 0.29) is 11.6 Å². The maximum atomic E-state index is 13.3. The van der Waals surface area contributed by atoms with Crippen molar-refractivity contribution in [1.82, 2.24) is 19.5 Å². The Kier molecular flexibility index (Phi) is 4.86. The molecule has 1 aliphatic rings. The van der Waals surface area contributed by atoms with Gasteiger partial charge >= 0.3 is 6.03 Å². The number of nitrogens with zero attached hydrogens (tertiary/aromatic N) is 5. The van der Waals surface area contributed by atoms with Crippen LogP contribution in [0.15, 0.2) is 57.9 Å². The zero-order valence-electron chi connectivity index (χ0n) is 16.2. The molecule has 9 nitrogen and oxygen atoms in total. The van der Waals surface area contributed by atoms with Gasteiger partial charge in [0, 0.05) is 37.9 Å². The summed E-state index contributed by atoms with van der Waals surface area (Å²) in [5, 5.41) is 7.56. The van der Waals surface area contributed by atoms with Crippen LogP contribution < -0.4 is 15.8 Å². The van der Waals surface area contributed by atoms with Crippen molar-refractivity contribution in [3.8, 4) is 10.8 Å². The maximum absolute atomic E-state index is 13.3. The number of piperazine rings is 1. The van der Waals surface area contributed by atoms with E-state index in [1.54, 1.807) is 35.4 Å². The van der Waals surface area contributed by atoms with Gasteiger partial charge in [-0.15, -0.1) is 5.10 Å². The Balaban J connectivity index is 1.29. The van der Waals surface area contributed by atoms with Crippen molar-refractivity contribution in [3.05, 3.63) is 64.9 Å². The van der Waals surface area contributed by atoms with Crippen molar-refractivity contribution in [1.29, 1.82) is 0 Å². The highest BCUT2D eigenvalue weighted by Gasteiger charge is 2.23. The molecule has 2 amide bonds. The summed E-state index contributed by atoms with van der Waals surface area (Å²) in [6.07, 6.45) is 1.55.